The van der Waals surface area contributed by atoms with Gasteiger partial charge in [-0.1, -0.05) is 6.07 Å². The molecule has 138 valence electrons. The fraction of sp³-hybridized carbons (Fsp3) is 0.278. The van der Waals surface area contributed by atoms with Gasteiger partial charge in [0.05, 0.1) is 11.9 Å². The lowest BCUT2D eigenvalue weighted by Crippen LogP contribution is -2.30. The van der Waals surface area contributed by atoms with Crippen molar-refractivity contribution in [2.24, 2.45) is 7.05 Å². The summed E-state index contributed by atoms with van der Waals surface area (Å²) in [6.45, 7) is 3.78. The third-order valence-corrected chi connectivity index (χ3v) is 4.01. The Bertz CT molecular complexity index is 883. The van der Waals surface area contributed by atoms with Gasteiger partial charge in [0.15, 0.2) is 0 Å². The number of anilines is 1. The Labute approximate surface area is 158 Å². The minimum atomic E-state index is -0.483. The van der Waals surface area contributed by atoms with Crippen molar-refractivity contribution in [1.82, 2.24) is 20.1 Å². The maximum Gasteiger partial charge on any atom is 0.246 e. The van der Waals surface area contributed by atoms with Crippen molar-refractivity contribution in [3.05, 3.63) is 53.7 Å². The summed E-state index contributed by atoms with van der Waals surface area (Å²) in [5.74, 6) is 1.17. The lowest BCUT2D eigenvalue weighted by Gasteiger charge is -2.14. The fourth-order valence-electron chi connectivity index (χ4n) is 2.58. The topological polar surface area (TPSA) is 85.0 Å². The quantitative estimate of drug-likeness (QED) is 0.716. The smallest absolute Gasteiger partial charge is 0.246 e. The Morgan fingerprint density at radius 2 is 2.08 bits per heavy atom. The van der Waals surface area contributed by atoms with Crippen molar-refractivity contribution in [3.8, 4) is 11.5 Å². The highest BCUT2D eigenvalue weighted by Crippen LogP contribution is 2.24. The minimum absolute atomic E-state index is 0. The highest BCUT2D eigenvalue weighted by molar-refractivity contribution is 5.95. The highest BCUT2D eigenvalue weighted by Gasteiger charge is 2.20. The molecule has 1 atom stereocenters. The van der Waals surface area contributed by atoms with Crippen LogP contribution in [0, 0.1) is 13.8 Å². The monoisotopic (exact) mass is 375 g/mol. The molecule has 0 saturated carbocycles. The van der Waals surface area contributed by atoms with E-state index in [4.69, 9.17) is 4.42 Å². The molecule has 0 fully saturated rings. The second-order valence-electron chi connectivity index (χ2n) is 5.90. The number of rotatable bonds is 5. The molecular formula is C18H22ClN5O2. The molecule has 2 N–H and O–H groups in total. The number of hydrogen-bond acceptors (Lipinski definition) is 5. The van der Waals surface area contributed by atoms with E-state index in [1.165, 1.54) is 0 Å². The van der Waals surface area contributed by atoms with Gasteiger partial charge < -0.3 is 15.1 Å². The van der Waals surface area contributed by atoms with Crippen molar-refractivity contribution in [3.63, 3.8) is 0 Å². The van der Waals surface area contributed by atoms with Crippen LogP contribution in [-0.2, 0) is 11.8 Å². The van der Waals surface area contributed by atoms with Crippen LogP contribution in [-0.4, -0.2) is 27.7 Å². The van der Waals surface area contributed by atoms with Gasteiger partial charge in [0, 0.05) is 30.1 Å². The second-order valence-corrected chi connectivity index (χ2v) is 5.90. The summed E-state index contributed by atoms with van der Waals surface area (Å²) in [6.07, 6.45) is 3.49. The number of amides is 1. The number of hydrogen-bond donors (Lipinski definition) is 2. The molecule has 0 bridgehead atoms. The number of aryl methyl sites for hydroxylation is 3. The third-order valence-electron chi connectivity index (χ3n) is 4.01. The van der Waals surface area contributed by atoms with Gasteiger partial charge in [-0.3, -0.25) is 9.48 Å². The molecule has 0 aliphatic carbocycles. The molecule has 8 heteroatoms. The first-order valence-corrected chi connectivity index (χ1v) is 7.99. The molecule has 0 saturated heterocycles. The van der Waals surface area contributed by atoms with Gasteiger partial charge in [-0.2, -0.15) is 5.10 Å². The van der Waals surface area contributed by atoms with Crippen molar-refractivity contribution in [1.29, 1.82) is 0 Å². The first kappa shape index (κ1) is 19.7. The van der Waals surface area contributed by atoms with Crippen LogP contribution < -0.4 is 10.6 Å². The van der Waals surface area contributed by atoms with Crippen LogP contribution >= 0.6 is 12.4 Å². The lowest BCUT2D eigenvalue weighted by atomic mass is 10.1. The Hall–Kier alpha value is -2.64. The van der Waals surface area contributed by atoms with Crippen LogP contribution in [0.2, 0.25) is 0 Å². The number of benzene rings is 1. The standard InChI is InChI=1S/C18H21N5O2.ClH/c1-11-12(2)25-18(21-11)13-6-5-7-15(8-13)22-17(24)16(19-3)14-9-20-23(4)10-14;/h5-10,16,19H,1-4H3,(H,22,24);1H. The summed E-state index contributed by atoms with van der Waals surface area (Å²) in [7, 11) is 3.56. The summed E-state index contributed by atoms with van der Waals surface area (Å²) in [6, 6.07) is 6.96. The summed E-state index contributed by atoms with van der Waals surface area (Å²) < 4.78 is 7.32. The SMILES string of the molecule is CNC(C(=O)Nc1cccc(-c2nc(C)c(C)o2)c1)c1cnn(C)c1.Cl. The van der Waals surface area contributed by atoms with Crippen LogP contribution in [0.4, 0.5) is 5.69 Å². The van der Waals surface area contributed by atoms with Gasteiger partial charge in [-0.05, 0) is 39.1 Å². The van der Waals surface area contributed by atoms with E-state index in [0.29, 0.717) is 11.6 Å². The minimum Gasteiger partial charge on any atom is -0.441 e. The molecule has 0 aliphatic rings. The van der Waals surface area contributed by atoms with Gasteiger partial charge in [0.2, 0.25) is 11.8 Å². The molecule has 3 rings (SSSR count). The van der Waals surface area contributed by atoms with Crippen LogP contribution in [0.3, 0.4) is 0 Å². The van der Waals surface area contributed by atoms with Gasteiger partial charge in [-0.15, -0.1) is 12.4 Å². The average Bonchev–Trinajstić information content (AvgIpc) is 3.15. The number of halogens is 1. The molecule has 1 unspecified atom stereocenters. The zero-order chi connectivity index (χ0) is 18.0. The lowest BCUT2D eigenvalue weighted by molar-refractivity contribution is -0.118. The van der Waals surface area contributed by atoms with Gasteiger partial charge in [0.25, 0.3) is 0 Å². The van der Waals surface area contributed by atoms with E-state index >= 15 is 0 Å². The number of carbonyl (C=O) groups is 1. The first-order chi connectivity index (χ1) is 12.0. The molecule has 1 aromatic carbocycles. The number of carbonyl (C=O) groups excluding carboxylic acids is 1. The van der Waals surface area contributed by atoms with E-state index in [1.54, 1.807) is 17.9 Å². The molecule has 0 radical (unpaired) electrons. The maximum absolute atomic E-state index is 12.6. The Balaban J connectivity index is 0.00000243. The van der Waals surface area contributed by atoms with Crippen LogP contribution in [0.1, 0.15) is 23.1 Å². The summed E-state index contributed by atoms with van der Waals surface area (Å²) in [4.78, 5) is 17.0. The second kappa shape index (κ2) is 8.16. The van der Waals surface area contributed by atoms with Crippen LogP contribution in [0.5, 0.6) is 0 Å². The predicted octanol–water partition coefficient (Wildman–Crippen LogP) is 3.01. The number of likely N-dealkylation sites (N-methyl/N-ethyl adjacent to an activating group) is 1. The molecular weight excluding hydrogens is 354 g/mol. The zero-order valence-corrected chi connectivity index (χ0v) is 15.9. The fourth-order valence-corrected chi connectivity index (χ4v) is 2.58. The van der Waals surface area contributed by atoms with Crippen LogP contribution in [0.25, 0.3) is 11.5 Å². The largest absolute Gasteiger partial charge is 0.441 e. The van der Waals surface area contributed by atoms with Gasteiger partial charge in [-0.25, -0.2) is 4.98 Å². The third kappa shape index (κ3) is 4.12. The number of oxazole rings is 1. The number of aromatic nitrogens is 3. The van der Waals surface area contributed by atoms with Crippen molar-refractivity contribution in [2.45, 2.75) is 19.9 Å². The first-order valence-electron chi connectivity index (χ1n) is 7.99. The van der Waals surface area contributed by atoms with Gasteiger partial charge >= 0.3 is 0 Å². The molecule has 1 amide bonds. The predicted molar refractivity (Wildman–Crippen MR) is 102 cm³/mol. The molecule has 2 aromatic heterocycles. The summed E-state index contributed by atoms with van der Waals surface area (Å²) in [5.41, 5.74) is 3.16. The molecule has 2 heterocycles. The summed E-state index contributed by atoms with van der Waals surface area (Å²) >= 11 is 0. The average molecular weight is 376 g/mol. The van der Waals surface area contributed by atoms with Crippen LogP contribution in [0.15, 0.2) is 41.1 Å². The molecule has 26 heavy (non-hydrogen) atoms. The maximum atomic E-state index is 12.6. The number of nitrogens with zero attached hydrogens (tertiary/aromatic N) is 3. The molecule has 3 aromatic rings. The molecule has 0 spiro atoms. The van der Waals surface area contributed by atoms with Gasteiger partial charge in [0.1, 0.15) is 11.8 Å². The normalized spacial score (nSPS) is 11.7. The van der Waals surface area contributed by atoms with E-state index in [0.717, 1.165) is 22.6 Å². The number of nitrogens with one attached hydrogen (secondary N) is 2. The zero-order valence-electron chi connectivity index (χ0n) is 15.1. The van der Waals surface area contributed by atoms with Crippen molar-refractivity contribution in [2.75, 3.05) is 12.4 Å². The van der Waals surface area contributed by atoms with E-state index in [1.807, 2.05) is 51.4 Å². The Morgan fingerprint density at radius 3 is 2.65 bits per heavy atom. The molecule has 0 aliphatic heterocycles. The Morgan fingerprint density at radius 1 is 1.31 bits per heavy atom. The van der Waals surface area contributed by atoms with E-state index in [-0.39, 0.29) is 18.3 Å². The van der Waals surface area contributed by atoms with E-state index in [2.05, 4.69) is 20.7 Å². The Kier molecular flexibility index (Phi) is 6.18. The molecule has 7 nitrogen and oxygen atoms in total. The highest BCUT2D eigenvalue weighted by atomic mass is 35.5. The summed E-state index contributed by atoms with van der Waals surface area (Å²) in [5, 5.41) is 10.1. The van der Waals surface area contributed by atoms with E-state index < -0.39 is 6.04 Å². The van der Waals surface area contributed by atoms with E-state index in [9.17, 15) is 4.79 Å². The van der Waals surface area contributed by atoms with Crippen molar-refractivity contribution >= 4 is 24.0 Å². The van der Waals surface area contributed by atoms with Crippen molar-refractivity contribution < 1.29 is 9.21 Å².